The number of nitrogens with zero attached hydrogens (tertiary/aromatic N) is 4. The number of benzene rings is 2. The molecule has 4 rings (SSSR count). The number of hydrogen-bond donors (Lipinski definition) is 1. The predicted molar refractivity (Wildman–Crippen MR) is 116 cm³/mol. The summed E-state index contributed by atoms with van der Waals surface area (Å²) in [5, 5.41) is 8.75. The first kappa shape index (κ1) is 19.0. The minimum absolute atomic E-state index is 0.162. The van der Waals surface area contributed by atoms with Crippen molar-refractivity contribution < 1.29 is 4.39 Å². The van der Waals surface area contributed by atoms with Gasteiger partial charge in [0.25, 0.3) is 0 Å². The van der Waals surface area contributed by atoms with Crippen molar-refractivity contribution in [2.45, 2.75) is 13.6 Å². The van der Waals surface area contributed by atoms with Crippen LogP contribution in [0.5, 0.6) is 0 Å². The number of hydrogen-bond acceptors (Lipinski definition) is 6. The monoisotopic (exact) mass is 415 g/mol. The lowest BCUT2D eigenvalue weighted by atomic mass is 10.2. The number of halogens is 1. The van der Waals surface area contributed by atoms with E-state index in [4.69, 9.17) is 12.2 Å². The minimum atomic E-state index is -0.162. The molecule has 2 heterocycles. The van der Waals surface area contributed by atoms with Crippen LogP contribution in [0.1, 0.15) is 5.56 Å². The Bertz CT molecular complexity index is 1010. The van der Waals surface area contributed by atoms with E-state index in [1.807, 2.05) is 28.9 Å². The molecule has 0 atom stereocenters. The lowest BCUT2D eigenvalue weighted by molar-refractivity contribution is 0.195. The third-order valence-corrected chi connectivity index (χ3v) is 6.00. The summed E-state index contributed by atoms with van der Waals surface area (Å²) in [5.41, 5.74) is 2.88. The van der Waals surface area contributed by atoms with E-state index in [0.29, 0.717) is 12.4 Å². The number of aryl methyl sites for hydroxylation is 1. The highest BCUT2D eigenvalue weighted by atomic mass is 32.1. The molecular weight excluding hydrogens is 393 g/mol. The second-order valence-electron chi connectivity index (χ2n) is 6.87. The summed E-state index contributed by atoms with van der Waals surface area (Å²) in [4.78, 5) is 4.39. The van der Waals surface area contributed by atoms with E-state index in [9.17, 15) is 4.39 Å². The molecule has 1 fully saturated rings. The fourth-order valence-electron chi connectivity index (χ4n) is 3.32. The van der Waals surface area contributed by atoms with Gasteiger partial charge in [-0.2, -0.15) is 0 Å². The maximum atomic E-state index is 14.0. The van der Waals surface area contributed by atoms with Crippen molar-refractivity contribution in [3.05, 3.63) is 63.9 Å². The maximum absolute atomic E-state index is 14.0. The van der Waals surface area contributed by atoms with E-state index in [1.54, 1.807) is 6.07 Å². The largest absolute Gasteiger partial charge is 0.367 e. The van der Waals surface area contributed by atoms with Crippen molar-refractivity contribution in [2.24, 2.45) is 0 Å². The van der Waals surface area contributed by atoms with E-state index in [-0.39, 0.29) is 5.82 Å². The number of aromatic nitrogens is 2. The smallest absolute Gasteiger partial charge is 0.209 e. The Morgan fingerprint density at radius 2 is 1.89 bits per heavy atom. The van der Waals surface area contributed by atoms with Gasteiger partial charge in [-0.3, -0.25) is 4.90 Å². The summed E-state index contributed by atoms with van der Waals surface area (Å²) in [6.45, 7) is 5.96. The summed E-state index contributed by atoms with van der Waals surface area (Å²) in [7, 11) is 0. The number of rotatable bonds is 5. The Labute approximate surface area is 173 Å². The SMILES string of the molecule is Cc1cccc(Nc2nn(CN3CCN(c4ccccc4F)CC3)c(=S)s2)c1. The molecule has 5 nitrogen and oxygen atoms in total. The highest BCUT2D eigenvalue weighted by molar-refractivity contribution is 7.73. The molecule has 3 aromatic rings. The van der Waals surface area contributed by atoms with Gasteiger partial charge in [0.1, 0.15) is 5.82 Å². The van der Waals surface area contributed by atoms with Crippen LogP contribution in [0.15, 0.2) is 48.5 Å². The first-order valence-electron chi connectivity index (χ1n) is 9.22. The normalized spacial score (nSPS) is 15.0. The summed E-state index contributed by atoms with van der Waals surface area (Å²) >= 11 is 6.96. The topological polar surface area (TPSA) is 36.3 Å². The molecule has 1 saturated heterocycles. The summed E-state index contributed by atoms with van der Waals surface area (Å²) < 4.78 is 16.6. The lowest BCUT2D eigenvalue weighted by Gasteiger charge is -2.35. The van der Waals surface area contributed by atoms with Gasteiger partial charge in [-0.1, -0.05) is 35.6 Å². The molecule has 0 saturated carbocycles. The highest BCUT2D eigenvalue weighted by Crippen LogP contribution is 2.23. The van der Waals surface area contributed by atoms with Crippen molar-refractivity contribution in [1.29, 1.82) is 0 Å². The molecule has 1 N–H and O–H groups in total. The lowest BCUT2D eigenvalue weighted by Crippen LogP contribution is -2.47. The third kappa shape index (κ3) is 4.40. The van der Waals surface area contributed by atoms with Crippen molar-refractivity contribution in [3.63, 3.8) is 0 Å². The van der Waals surface area contributed by atoms with Gasteiger partial charge in [0.15, 0.2) is 3.95 Å². The van der Waals surface area contributed by atoms with Crippen LogP contribution in [0.25, 0.3) is 0 Å². The van der Waals surface area contributed by atoms with Crippen molar-refractivity contribution >= 4 is 40.1 Å². The molecule has 0 bridgehead atoms. The Balaban J connectivity index is 1.37. The van der Waals surface area contributed by atoms with Gasteiger partial charge in [0.2, 0.25) is 5.13 Å². The zero-order chi connectivity index (χ0) is 19.5. The Morgan fingerprint density at radius 3 is 2.64 bits per heavy atom. The van der Waals surface area contributed by atoms with Crippen LogP contribution in [0.2, 0.25) is 0 Å². The number of para-hydroxylation sites is 1. The van der Waals surface area contributed by atoms with Gasteiger partial charge in [-0.15, -0.1) is 5.10 Å². The van der Waals surface area contributed by atoms with Gasteiger partial charge < -0.3 is 10.2 Å². The molecule has 1 aliphatic rings. The Hall–Kier alpha value is -2.29. The molecule has 0 radical (unpaired) electrons. The van der Waals surface area contributed by atoms with E-state index in [0.717, 1.165) is 41.0 Å². The molecular formula is C20H22FN5S2. The molecule has 2 aromatic carbocycles. The van der Waals surface area contributed by atoms with Gasteiger partial charge in [-0.05, 0) is 49.0 Å². The highest BCUT2D eigenvalue weighted by Gasteiger charge is 2.20. The van der Waals surface area contributed by atoms with Crippen LogP contribution in [0.3, 0.4) is 0 Å². The van der Waals surface area contributed by atoms with Crippen LogP contribution in [0, 0.1) is 16.7 Å². The quantitative estimate of drug-likeness (QED) is 0.614. The van der Waals surface area contributed by atoms with Crippen molar-refractivity contribution in [1.82, 2.24) is 14.7 Å². The average molecular weight is 416 g/mol. The van der Waals surface area contributed by atoms with Crippen LogP contribution in [-0.2, 0) is 6.67 Å². The van der Waals surface area contributed by atoms with Crippen molar-refractivity contribution in [2.75, 3.05) is 36.4 Å². The van der Waals surface area contributed by atoms with E-state index < -0.39 is 0 Å². The number of nitrogens with one attached hydrogen (secondary N) is 1. The van der Waals surface area contributed by atoms with Crippen LogP contribution >= 0.6 is 23.6 Å². The first-order chi connectivity index (χ1) is 13.6. The maximum Gasteiger partial charge on any atom is 0.209 e. The van der Waals surface area contributed by atoms with Gasteiger partial charge in [-0.25, -0.2) is 9.07 Å². The fourth-order valence-corrected chi connectivity index (χ4v) is 4.33. The van der Waals surface area contributed by atoms with Gasteiger partial charge >= 0.3 is 0 Å². The second-order valence-corrected chi connectivity index (χ2v) is 8.49. The zero-order valence-corrected chi connectivity index (χ0v) is 17.3. The number of anilines is 3. The van der Waals surface area contributed by atoms with Gasteiger partial charge in [0.05, 0.1) is 12.4 Å². The molecule has 1 aromatic heterocycles. The zero-order valence-electron chi connectivity index (χ0n) is 15.6. The molecule has 0 unspecified atom stereocenters. The Morgan fingerprint density at radius 1 is 1.11 bits per heavy atom. The summed E-state index contributed by atoms with van der Waals surface area (Å²) in [6, 6.07) is 15.1. The standard InChI is InChI=1S/C20H22FN5S2/c1-15-5-4-6-16(13-15)22-19-23-26(20(27)28-19)14-24-9-11-25(12-10-24)18-8-3-2-7-17(18)21/h2-8,13H,9-12,14H2,1H3,(H,22,23). The molecule has 1 aliphatic heterocycles. The molecule has 0 aliphatic carbocycles. The third-order valence-electron chi connectivity index (χ3n) is 4.78. The average Bonchev–Trinajstić information content (AvgIpc) is 3.02. The summed E-state index contributed by atoms with van der Waals surface area (Å²) in [6.07, 6.45) is 0. The van der Waals surface area contributed by atoms with Crippen LogP contribution in [0.4, 0.5) is 20.9 Å². The van der Waals surface area contributed by atoms with E-state index in [1.165, 1.54) is 23.0 Å². The van der Waals surface area contributed by atoms with Crippen LogP contribution < -0.4 is 10.2 Å². The second kappa shape index (κ2) is 8.38. The van der Waals surface area contributed by atoms with E-state index >= 15 is 0 Å². The van der Waals surface area contributed by atoms with Crippen molar-refractivity contribution in [3.8, 4) is 0 Å². The van der Waals surface area contributed by atoms with E-state index in [2.05, 4.69) is 39.3 Å². The predicted octanol–water partition coefficient (Wildman–Crippen LogP) is 4.64. The molecule has 0 amide bonds. The molecule has 28 heavy (non-hydrogen) atoms. The summed E-state index contributed by atoms with van der Waals surface area (Å²) in [5.74, 6) is -0.162. The molecule has 8 heteroatoms. The van der Waals surface area contributed by atoms with Gasteiger partial charge in [0, 0.05) is 31.9 Å². The minimum Gasteiger partial charge on any atom is -0.367 e. The first-order valence-corrected chi connectivity index (χ1v) is 10.4. The Kier molecular flexibility index (Phi) is 5.70. The number of piperazine rings is 1. The molecule has 146 valence electrons. The molecule has 0 spiro atoms. The fraction of sp³-hybridized carbons (Fsp3) is 0.300. The van der Waals surface area contributed by atoms with Crippen LogP contribution in [-0.4, -0.2) is 40.9 Å².